The van der Waals surface area contributed by atoms with Crippen molar-refractivity contribution < 1.29 is 27.8 Å². The summed E-state index contributed by atoms with van der Waals surface area (Å²) in [5.41, 5.74) is 6.77. The van der Waals surface area contributed by atoms with E-state index in [0.29, 0.717) is 17.0 Å². The minimum absolute atomic E-state index is 0. The first-order valence-corrected chi connectivity index (χ1v) is 7.52. The summed E-state index contributed by atoms with van der Waals surface area (Å²) in [4.78, 5) is 4.02. The van der Waals surface area contributed by atoms with Crippen LogP contribution in [0.2, 0.25) is 0 Å². The lowest BCUT2D eigenvalue weighted by molar-refractivity contribution is -0.274. The normalized spacial score (nSPS) is 12.7. The van der Waals surface area contributed by atoms with Crippen molar-refractivity contribution in [1.82, 2.24) is 0 Å². The van der Waals surface area contributed by atoms with E-state index in [2.05, 4.69) is 15.0 Å². The molecule has 0 amide bonds. The van der Waals surface area contributed by atoms with E-state index in [1.165, 1.54) is 19.2 Å². The lowest BCUT2D eigenvalue weighted by Crippen LogP contribution is -2.24. The van der Waals surface area contributed by atoms with E-state index in [-0.39, 0.29) is 42.2 Å². The molecule has 2 aromatic rings. The Hall–Kier alpha value is -2.21. The molecule has 0 spiro atoms. The number of anilines is 1. The average Bonchev–Trinajstić information content (AvgIpc) is 2.59. The number of nitrogens with two attached hydrogens (primary N) is 1. The minimum atomic E-state index is -4.76. The number of rotatable bonds is 6. The van der Waals surface area contributed by atoms with Crippen molar-refractivity contribution in [3.63, 3.8) is 0 Å². The van der Waals surface area contributed by atoms with E-state index < -0.39 is 12.5 Å². The molecule has 0 aromatic heterocycles. The van der Waals surface area contributed by atoms with Crippen LogP contribution >= 0.6 is 24.0 Å². The van der Waals surface area contributed by atoms with E-state index in [1.54, 1.807) is 24.3 Å². The highest BCUT2D eigenvalue weighted by atomic mass is 127. The van der Waals surface area contributed by atoms with Crippen LogP contribution in [0.5, 0.6) is 11.5 Å². The van der Waals surface area contributed by atoms with Gasteiger partial charge in [-0.1, -0.05) is 24.3 Å². The van der Waals surface area contributed by atoms with Crippen LogP contribution in [0.15, 0.2) is 53.5 Å². The Labute approximate surface area is 171 Å². The molecule has 0 saturated carbocycles. The molecule has 27 heavy (non-hydrogen) atoms. The predicted molar refractivity (Wildman–Crippen MR) is 107 cm³/mol. The maximum absolute atomic E-state index is 12.1. The number of nitrogens with zero attached hydrogens (tertiary/aromatic N) is 1. The van der Waals surface area contributed by atoms with Crippen LogP contribution in [0.1, 0.15) is 11.7 Å². The van der Waals surface area contributed by atoms with Crippen LogP contribution in [-0.4, -0.2) is 31.1 Å². The first-order chi connectivity index (χ1) is 12.3. The highest BCUT2D eigenvalue weighted by molar-refractivity contribution is 14.0. The third kappa shape index (κ3) is 7.51. The van der Waals surface area contributed by atoms with Gasteiger partial charge in [0.2, 0.25) is 0 Å². The topological polar surface area (TPSA) is 89.1 Å². The number of halogens is 4. The van der Waals surface area contributed by atoms with Crippen LogP contribution < -0.4 is 20.5 Å². The highest BCUT2D eigenvalue weighted by Gasteiger charge is 2.31. The number of benzene rings is 2. The minimum Gasteiger partial charge on any atom is -0.495 e. The van der Waals surface area contributed by atoms with E-state index >= 15 is 0 Å². The molecule has 0 saturated heterocycles. The van der Waals surface area contributed by atoms with Crippen LogP contribution in [0.3, 0.4) is 0 Å². The molecular formula is C17H19F3IN3O3. The summed E-state index contributed by atoms with van der Waals surface area (Å²) in [6.07, 6.45) is -5.80. The average molecular weight is 497 g/mol. The number of aliphatic hydroxyl groups is 1. The van der Waals surface area contributed by atoms with Crippen molar-refractivity contribution in [2.24, 2.45) is 10.7 Å². The number of para-hydroxylation sites is 2. The summed E-state index contributed by atoms with van der Waals surface area (Å²) in [6.45, 7) is -0.0759. The molecule has 0 aliphatic carbocycles. The van der Waals surface area contributed by atoms with Crippen molar-refractivity contribution in [3.05, 3.63) is 54.1 Å². The Morgan fingerprint density at radius 1 is 1.19 bits per heavy atom. The van der Waals surface area contributed by atoms with Gasteiger partial charge in [-0.05, 0) is 29.8 Å². The maximum atomic E-state index is 12.1. The molecule has 2 aromatic carbocycles. The van der Waals surface area contributed by atoms with E-state index in [0.717, 1.165) is 12.1 Å². The molecular weight excluding hydrogens is 478 g/mol. The Balaban J connectivity index is 0.00000364. The molecule has 0 radical (unpaired) electrons. The standard InChI is InChI=1S/C17H18F3N3O3.HI/c1-25-15-5-3-2-4-13(15)23-16(21)22-10-14(24)11-6-8-12(9-7-11)26-17(18,19)20;/h2-9,14,24H,10H2,1H3,(H3,21,22,23);1H. The summed E-state index contributed by atoms with van der Waals surface area (Å²) >= 11 is 0. The number of nitrogens with one attached hydrogen (secondary N) is 1. The lowest BCUT2D eigenvalue weighted by Gasteiger charge is -2.13. The number of ether oxygens (including phenoxy) is 2. The number of aliphatic hydroxyl groups excluding tert-OH is 1. The zero-order chi connectivity index (χ0) is 19.2. The molecule has 0 aliphatic rings. The molecule has 1 unspecified atom stereocenters. The fraction of sp³-hybridized carbons (Fsp3) is 0.235. The van der Waals surface area contributed by atoms with E-state index in [1.807, 2.05) is 0 Å². The Morgan fingerprint density at radius 3 is 2.41 bits per heavy atom. The zero-order valence-electron chi connectivity index (χ0n) is 14.2. The second-order valence-corrected chi connectivity index (χ2v) is 5.18. The number of aliphatic imine (C=N–C) groups is 1. The highest BCUT2D eigenvalue weighted by Crippen LogP contribution is 2.25. The molecule has 0 aliphatic heterocycles. The van der Waals surface area contributed by atoms with Gasteiger partial charge in [-0.15, -0.1) is 37.1 Å². The molecule has 0 heterocycles. The molecule has 4 N–H and O–H groups in total. The van der Waals surface area contributed by atoms with Crippen molar-refractivity contribution in [1.29, 1.82) is 0 Å². The summed E-state index contributed by atoms with van der Waals surface area (Å²) in [6, 6.07) is 12.0. The molecule has 0 bridgehead atoms. The Bertz CT molecular complexity index is 755. The Morgan fingerprint density at radius 2 is 1.81 bits per heavy atom. The van der Waals surface area contributed by atoms with Gasteiger partial charge in [0.1, 0.15) is 11.5 Å². The number of hydrogen-bond donors (Lipinski definition) is 3. The second-order valence-electron chi connectivity index (χ2n) is 5.18. The van der Waals surface area contributed by atoms with Crippen molar-refractivity contribution in [2.45, 2.75) is 12.5 Å². The summed E-state index contributed by atoms with van der Waals surface area (Å²) < 4.78 is 45.3. The van der Waals surface area contributed by atoms with Gasteiger partial charge in [-0.2, -0.15) is 0 Å². The fourth-order valence-electron chi connectivity index (χ4n) is 2.11. The van der Waals surface area contributed by atoms with Gasteiger partial charge in [0.05, 0.1) is 25.4 Å². The van der Waals surface area contributed by atoms with Crippen LogP contribution in [-0.2, 0) is 0 Å². The molecule has 10 heteroatoms. The van der Waals surface area contributed by atoms with Gasteiger partial charge in [0, 0.05) is 0 Å². The predicted octanol–water partition coefficient (Wildman–Crippen LogP) is 3.67. The summed E-state index contributed by atoms with van der Waals surface area (Å²) in [5.74, 6) is 0.270. The van der Waals surface area contributed by atoms with Crippen LogP contribution in [0.4, 0.5) is 18.9 Å². The second kappa shape index (κ2) is 10.2. The Kier molecular flexibility index (Phi) is 8.63. The van der Waals surface area contributed by atoms with Crippen molar-refractivity contribution in [3.8, 4) is 11.5 Å². The summed E-state index contributed by atoms with van der Waals surface area (Å²) in [5, 5.41) is 12.9. The van der Waals surface area contributed by atoms with Gasteiger partial charge in [0.25, 0.3) is 0 Å². The smallest absolute Gasteiger partial charge is 0.495 e. The molecule has 6 nitrogen and oxygen atoms in total. The van der Waals surface area contributed by atoms with Gasteiger partial charge in [0.15, 0.2) is 5.96 Å². The van der Waals surface area contributed by atoms with E-state index in [4.69, 9.17) is 10.5 Å². The van der Waals surface area contributed by atoms with Crippen LogP contribution in [0.25, 0.3) is 0 Å². The van der Waals surface area contributed by atoms with Gasteiger partial charge in [-0.25, -0.2) is 0 Å². The largest absolute Gasteiger partial charge is 0.573 e. The number of guanidine groups is 1. The monoisotopic (exact) mass is 497 g/mol. The third-order valence-corrected chi connectivity index (χ3v) is 3.30. The molecule has 148 valence electrons. The van der Waals surface area contributed by atoms with Gasteiger partial charge in [-0.3, -0.25) is 4.99 Å². The van der Waals surface area contributed by atoms with Crippen LogP contribution in [0, 0.1) is 0 Å². The van der Waals surface area contributed by atoms with Gasteiger partial charge >= 0.3 is 6.36 Å². The number of hydrogen-bond acceptors (Lipinski definition) is 4. The molecule has 2 rings (SSSR count). The number of alkyl halides is 3. The fourth-order valence-corrected chi connectivity index (χ4v) is 2.11. The quantitative estimate of drug-likeness (QED) is 0.322. The first kappa shape index (κ1) is 22.8. The van der Waals surface area contributed by atoms with Crippen molar-refractivity contribution in [2.75, 3.05) is 19.0 Å². The number of methoxy groups -OCH3 is 1. The van der Waals surface area contributed by atoms with Gasteiger partial charge < -0.3 is 25.6 Å². The first-order valence-electron chi connectivity index (χ1n) is 7.52. The lowest BCUT2D eigenvalue weighted by atomic mass is 10.1. The summed E-state index contributed by atoms with van der Waals surface area (Å²) in [7, 11) is 1.52. The van der Waals surface area contributed by atoms with E-state index in [9.17, 15) is 18.3 Å². The third-order valence-electron chi connectivity index (χ3n) is 3.30. The zero-order valence-corrected chi connectivity index (χ0v) is 16.6. The molecule has 0 fully saturated rings. The maximum Gasteiger partial charge on any atom is 0.573 e. The van der Waals surface area contributed by atoms with Crippen molar-refractivity contribution >= 4 is 35.6 Å². The SMILES string of the molecule is COc1ccccc1NC(N)=NCC(O)c1ccc(OC(F)(F)F)cc1.I. The molecule has 1 atom stereocenters.